The molecule has 0 amide bonds. The molecule has 0 fully saturated rings. The van der Waals surface area contributed by atoms with Gasteiger partial charge in [-0.05, 0) is 48.5 Å². The van der Waals surface area contributed by atoms with Crippen molar-refractivity contribution in [3.63, 3.8) is 0 Å². The second kappa shape index (κ2) is 5.65. The molecule has 0 aliphatic rings. The summed E-state index contributed by atoms with van der Waals surface area (Å²) in [6, 6.07) is 13.5. The first kappa shape index (κ1) is 16.0. The highest BCUT2D eigenvalue weighted by Crippen LogP contribution is 2.39. The molecule has 3 aromatic carbocycles. The summed E-state index contributed by atoms with van der Waals surface area (Å²) in [5.74, 6) is 0.772. The number of phenolic OH excluding ortho intramolecular Hbond substituents is 2. The van der Waals surface area contributed by atoms with Crippen LogP contribution >= 0.6 is 0 Å². The van der Waals surface area contributed by atoms with Crippen LogP contribution in [0.2, 0.25) is 0 Å². The molecule has 0 aliphatic heterocycles. The Morgan fingerprint density at radius 1 is 0.643 bits per heavy atom. The fourth-order valence-electron chi connectivity index (χ4n) is 3.26. The number of nitrogen functional groups attached to an aromatic ring is 2. The molecule has 0 unspecified atom stereocenters. The minimum Gasteiger partial charge on any atom is -0.507 e. The lowest BCUT2D eigenvalue weighted by atomic mass is 10.1. The highest BCUT2D eigenvalue weighted by Gasteiger charge is 2.17. The van der Waals surface area contributed by atoms with Crippen molar-refractivity contribution in [3.05, 3.63) is 48.5 Å². The molecular weight excluding hydrogens is 356 g/mol. The molecule has 0 radical (unpaired) electrons. The van der Waals surface area contributed by atoms with Crippen molar-refractivity contribution in [3.8, 4) is 34.3 Å². The van der Waals surface area contributed by atoms with Crippen LogP contribution in [0.25, 0.3) is 44.8 Å². The molecule has 0 bridgehead atoms. The summed E-state index contributed by atoms with van der Waals surface area (Å²) in [4.78, 5) is 15.1. The van der Waals surface area contributed by atoms with E-state index < -0.39 is 0 Å². The number of rotatable bonds is 2. The average molecular weight is 372 g/mol. The van der Waals surface area contributed by atoms with Gasteiger partial charge < -0.3 is 31.6 Å². The van der Waals surface area contributed by atoms with Crippen LogP contribution in [0.1, 0.15) is 0 Å². The van der Waals surface area contributed by atoms with Crippen molar-refractivity contribution < 1.29 is 10.2 Å². The smallest absolute Gasteiger partial charge is 0.142 e. The lowest BCUT2D eigenvalue weighted by Crippen LogP contribution is -1.87. The van der Waals surface area contributed by atoms with Gasteiger partial charge in [0.25, 0.3) is 0 Å². The Hall–Kier alpha value is -4.20. The normalized spacial score (nSPS) is 11.4. The maximum absolute atomic E-state index is 10.6. The van der Waals surface area contributed by atoms with E-state index in [0.29, 0.717) is 45.2 Å². The number of aromatic hydroxyl groups is 2. The van der Waals surface area contributed by atoms with Gasteiger partial charge >= 0.3 is 0 Å². The summed E-state index contributed by atoms with van der Waals surface area (Å²) < 4.78 is 0. The highest BCUT2D eigenvalue weighted by atomic mass is 16.3. The Bertz CT molecular complexity index is 1260. The number of nitrogens with zero attached hydrogens (tertiary/aromatic N) is 2. The SMILES string of the molecule is Nc1ccc2[nH]c(-c3cc(O)c(-c4nc5cc(N)ccc5[nH]4)cc3O)nc2c1. The molecule has 2 heterocycles. The Balaban J connectivity index is 1.62. The van der Waals surface area contributed by atoms with Crippen molar-refractivity contribution >= 4 is 33.4 Å². The molecule has 138 valence electrons. The quantitative estimate of drug-likeness (QED) is 0.207. The molecule has 0 saturated heterocycles. The van der Waals surface area contributed by atoms with Crippen molar-refractivity contribution in [2.45, 2.75) is 0 Å². The molecule has 0 saturated carbocycles. The number of aromatic amines is 2. The lowest BCUT2D eigenvalue weighted by Gasteiger charge is -2.07. The third kappa shape index (κ3) is 2.47. The summed E-state index contributed by atoms with van der Waals surface area (Å²) in [5.41, 5.74) is 16.4. The first-order chi connectivity index (χ1) is 13.5. The highest BCUT2D eigenvalue weighted by molar-refractivity contribution is 5.86. The van der Waals surface area contributed by atoms with Crippen LogP contribution in [0.3, 0.4) is 0 Å². The second-order valence-electron chi connectivity index (χ2n) is 6.61. The molecule has 5 rings (SSSR count). The molecule has 0 atom stereocenters. The van der Waals surface area contributed by atoms with Gasteiger partial charge in [-0.1, -0.05) is 0 Å². The molecule has 5 aromatic rings. The number of benzene rings is 3. The number of hydrogen-bond donors (Lipinski definition) is 6. The lowest BCUT2D eigenvalue weighted by molar-refractivity contribution is 0.463. The maximum atomic E-state index is 10.6. The van der Waals surface area contributed by atoms with Crippen LogP contribution in [-0.2, 0) is 0 Å². The number of H-pyrrole nitrogens is 2. The number of nitrogens with one attached hydrogen (secondary N) is 2. The zero-order valence-corrected chi connectivity index (χ0v) is 14.6. The van der Waals surface area contributed by atoms with E-state index in [1.165, 1.54) is 12.1 Å². The van der Waals surface area contributed by atoms with Gasteiger partial charge in [0.1, 0.15) is 23.1 Å². The molecule has 0 spiro atoms. The molecule has 8 N–H and O–H groups in total. The van der Waals surface area contributed by atoms with E-state index in [-0.39, 0.29) is 11.5 Å². The van der Waals surface area contributed by atoms with Gasteiger partial charge in [0.2, 0.25) is 0 Å². The number of fused-ring (bicyclic) bond motifs is 2. The van der Waals surface area contributed by atoms with Crippen molar-refractivity contribution in [1.82, 2.24) is 19.9 Å². The molecular formula is C20H16N6O2. The number of anilines is 2. The third-order valence-electron chi connectivity index (χ3n) is 4.64. The molecule has 8 heteroatoms. The standard InChI is InChI=1S/C20H16N6O2/c21-9-1-3-13-15(5-9)25-19(23-13)11-7-18(28)12(8-17(11)27)20-24-14-4-2-10(22)6-16(14)26-20/h1-8,27-28H,21-22H2,(H,23,25)(H,24,26). The topological polar surface area (TPSA) is 150 Å². The summed E-state index contributed by atoms with van der Waals surface area (Å²) in [5, 5.41) is 21.1. The van der Waals surface area contributed by atoms with Crippen molar-refractivity contribution in [2.75, 3.05) is 11.5 Å². The van der Waals surface area contributed by atoms with E-state index in [1.807, 2.05) is 12.1 Å². The van der Waals surface area contributed by atoms with Gasteiger partial charge in [-0.25, -0.2) is 9.97 Å². The van der Waals surface area contributed by atoms with Gasteiger partial charge in [0, 0.05) is 11.4 Å². The summed E-state index contributed by atoms with van der Waals surface area (Å²) in [7, 11) is 0. The van der Waals surface area contributed by atoms with Crippen LogP contribution in [0.15, 0.2) is 48.5 Å². The average Bonchev–Trinajstić information content (AvgIpc) is 3.26. The number of aromatic nitrogens is 4. The fourth-order valence-corrected chi connectivity index (χ4v) is 3.26. The van der Waals surface area contributed by atoms with E-state index in [2.05, 4.69) is 19.9 Å². The van der Waals surface area contributed by atoms with E-state index >= 15 is 0 Å². The minimum absolute atomic E-state index is 0.0419. The van der Waals surface area contributed by atoms with Crippen molar-refractivity contribution in [1.29, 1.82) is 0 Å². The number of hydrogen-bond acceptors (Lipinski definition) is 6. The first-order valence-electron chi connectivity index (χ1n) is 8.55. The minimum atomic E-state index is -0.0419. The van der Waals surface area contributed by atoms with Gasteiger partial charge in [0.05, 0.1) is 33.2 Å². The molecule has 28 heavy (non-hydrogen) atoms. The largest absolute Gasteiger partial charge is 0.507 e. The molecule has 0 aliphatic carbocycles. The Kier molecular flexibility index (Phi) is 3.23. The maximum Gasteiger partial charge on any atom is 0.142 e. The van der Waals surface area contributed by atoms with Crippen molar-refractivity contribution in [2.24, 2.45) is 0 Å². The zero-order chi connectivity index (χ0) is 19.4. The second-order valence-corrected chi connectivity index (χ2v) is 6.61. The van der Waals surface area contributed by atoms with Gasteiger partial charge in [-0.2, -0.15) is 0 Å². The van der Waals surface area contributed by atoms with E-state index in [1.54, 1.807) is 24.3 Å². The number of phenols is 2. The third-order valence-corrected chi connectivity index (χ3v) is 4.64. The molecule has 8 nitrogen and oxygen atoms in total. The van der Waals surface area contributed by atoms with Gasteiger partial charge in [0.15, 0.2) is 0 Å². The summed E-state index contributed by atoms with van der Waals surface area (Å²) >= 11 is 0. The fraction of sp³-hybridized carbons (Fsp3) is 0. The van der Waals surface area contributed by atoms with Crippen LogP contribution < -0.4 is 11.5 Å². The Morgan fingerprint density at radius 3 is 1.50 bits per heavy atom. The monoisotopic (exact) mass is 372 g/mol. The van der Waals surface area contributed by atoms with Crippen LogP contribution in [-0.4, -0.2) is 30.1 Å². The van der Waals surface area contributed by atoms with E-state index in [9.17, 15) is 10.2 Å². The predicted octanol–water partition coefficient (Wildman–Crippen LogP) is 3.35. The Morgan fingerprint density at radius 2 is 1.07 bits per heavy atom. The van der Waals surface area contributed by atoms with Crippen LogP contribution in [0.4, 0.5) is 11.4 Å². The van der Waals surface area contributed by atoms with Gasteiger partial charge in [-0.15, -0.1) is 0 Å². The predicted molar refractivity (Wildman–Crippen MR) is 109 cm³/mol. The van der Waals surface area contributed by atoms with Gasteiger partial charge in [-0.3, -0.25) is 0 Å². The first-order valence-corrected chi connectivity index (χ1v) is 8.55. The van der Waals surface area contributed by atoms with E-state index in [4.69, 9.17) is 11.5 Å². The van der Waals surface area contributed by atoms with Crippen LogP contribution in [0, 0.1) is 0 Å². The summed E-state index contributed by atoms with van der Waals surface area (Å²) in [6.07, 6.45) is 0. The zero-order valence-electron chi connectivity index (χ0n) is 14.6. The molecule has 2 aromatic heterocycles. The van der Waals surface area contributed by atoms with E-state index in [0.717, 1.165) is 11.0 Å². The number of nitrogens with two attached hydrogens (primary N) is 2. The van der Waals surface area contributed by atoms with Crippen LogP contribution in [0.5, 0.6) is 11.5 Å². The summed E-state index contributed by atoms with van der Waals surface area (Å²) in [6.45, 7) is 0. The number of imidazole rings is 2. The Labute approximate surface area is 158 Å².